The van der Waals surface area contributed by atoms with E-state index in [2.05, 4.69) is 22.5 Å². The third-order valence-corrected chi connectivity index (χ3v) is 4.45. The number of hydrogen-bond acceptors (Lipinski definition) is 4. The Balaban J connectivity index is 1.86. The minimum Gasteiger partial charge on any atom is -0.370 e. The number of aromatic nitrogens is 1. The fourth-order valence-electron chi connectivity index (χ4n) is 2.02. The SMILES string of the molecule is CCCNc1cccc(C(=O)NCC2CCCS2)n1. The van der Waals surface area contributed by atoms with Crippen LogP contribution in [0.3, 0.4) is 0 Å². The number of nitrogens with zero attached hydrogens (tertiary/aromatic N) is 1. The van der Waals surface area contributed by atoms with E-state index in [9.17, 15) is 4.79 Å². The summed E-state index contributed by atoms with van der Waals surface area (Å²) in [6.45, 7) is 3.72. The van der Waals surface area contributed by atoms with Crippen molar-refractivity contribution in [3.05, 3.63) is 23.9 Å². The molecule has 1 aliphatic rings. The average molecular weight is 279 g/mol. The quantitative estimate of drug-likeness (QED) is 0.840. The second-order valence-electron chi connectivity index (χ2n) is 4.68. The largest absolute Gasteiger partial charge is 0.370 e. The second-order valence-corrected chi connectivity index (χ2v) is 6.09. The summed E-state index contributed by atoms with van der Waals surface area (Å²) < 4.78 is 0. The van der Waals surface area contributed by atoms with E-state index in [4.69, 9.17) is 0 Å². The Hall–Kier alpha value is -1.23. The van der Waals surface area contributed by atoms with Crippen molar-refractivity contribution in [1.82, 2.24) is 10.3 Å². The molecule has 104 valence electrons. The minimum absolute atomic E-state index is 0.0763. The smallest absolute Gasteiger partial charge is 0.270 e. The topological polar surface area (TPSA) is 54.0 Å². The van der Waals surface area contributed by atoms with E-state index in [1.165, 1.54) is 18.6 Å². The number of carbonyl (C=O) groups excluding carboxylic acids is 1. The zero-order valence-corrected chi connectivity index (χ0v) is 12.1. The summed E-state index contributed by atoms with van der Waals surface area (Å²) in [5, 5.41) is 6.74. The van der Waals surface area contributed by atoms with Crippen LogP contribution >= 0.6 is 11.8 Å². The summed E-state index contributed by atoms with van der Waals surface area (Å²) in [6.07, 6.45) is 3.51. The van der Waals surface area contributed by atoms with Gasteiger partial charge >= 0.3 is 0 Å². The molecule has 1 amide bonds. The van der Waals surface area contributed by atoms with Gasteiger partial charge < -0.3 is 10.6 Å². The van der Waals surface area contributed by atoms with Crippen LogP contribution in [-0.4, -0.2) is 35.0 Å². The highest BCUT2D eigenvalue weighted by Gasteiger charge is 2.17. The summed E-state index contributed by atoms with van der Waals surface area (Å²) in [7, 11) is 0. The standard InChI is InChI=1S/C14H21N3OS/c1-2-8-15-13-7-3-6-12(17-13)14(18)16-10-11-5-4-9-19-11/h3,6-7,11H,2,4-5,8-10H2,1H3,(H,15,17)(H,16,18). The molecule has 1 fully saturated rings. The Morgan fingerprint density at radius 1 is 1.53 bits per heavy atom. The first-order valence-corrected chi connectivity index (χ1v) is 7.95. The Morgan fingerprint density at radius 2 is 2.42 bits per heavy atom. The van der Waals surface area contributed by atoms with Crippen molar-refractivity contribution >= 4 is 23.5 Å². The molecule has 1 saturated heterocycles. The predicted molar refractivity (Wildman–Crippen MR) is 80.8 cm³/mol. The normalized spacial score (nSPS) is 18.3. The van der Waals surface area contributed by atoms with Gasteiger partial charge in [0.2, 0.25) is 0 Å². The molecular formula is C14H21N3OS. The molecule has 0 spiro atoms. The van der Waals surface area contributed by atoms with Crippen molar-refractivity contribution in [2.24, 2.45) is 0 Å². The van der Waals surface area contributed by atoms with Gasteiger partial charge in [0.1, 0.15) is 11.5 Å². The van der Waals surface area contributed by atoms with Crippen LogP contribution in [0.2, 0.25) is 0 Å². The van der Waals surface area contributed by atoms with E-state index in [1.807, 2.05) is 23.9 Å². The number of nitrogens with one attached hydrogen (secondary N) is 2. The summed E-state index contributed by atoms with van der Waals surface area (Å²) in [6, 6.07) is 5.51. The van der Waals surface area contributed by atoms with Gasteiger partial charge in [-0.1, -0.05) is 13.0 Å². The fourth-order valence-corrected chi connectivity index (χ4v) is 3.22. The third-order valence-electron chi connectivity index (χ3n) is 3.05. The van der Waals surface area contributed by atoms with Gasteiger partial charge in [0.25, 0.3) is 5.91 Å². The third kappa shape index (κ3) is 4.42. The first-order valence-electron chi connectivity index (χ1n) is 6.90. The van der Waals surface area contributed by atoms with E-state index in [0.717, 1.165) is 25.3 Å². The number of thioether (sulfide) groups is 1. The molecule has 0 aliphatic carbocycles. The molecule has 2 N–H and O–H groups in total. The summed E-state index contributed by atoms with van der Waals surface area (Å²) >= 11 is 1.95. The Bertz CT molecular complexity index is 419. The summed E-state index contributed by atoms with van der Waals surface area (Å²) in [5.74, 6) is 1.91. The molecule has 0 saturated carbocycles. The van der Waals surface area contributed by atoms with Gasteiger partial charge in [-0.15, -0.1) is 0 Å². The van der Waals surface area contributed by atoms with Crippen molar-refractivity contribution in [3.8, 4) is 0 Å². The molecule has 19 heavy (non-hydrogen) atoms. The van der Waals surface area contributed by atoms with E-state index in [-0.39, 0.29) is 5.91 Å². The number of pyridine rings is 1. The molecular weight excluding hydrogens is 258 g/mol. The zero-order valence-electron chi connectivity index (χ0n) is 11.3. The van der Waals surface area contributed by atoms with Crippen molar-refractivity contribution < 1.29 is 4.79 Å². The van der Waals surface area contributed by atoms with Gasteiger partial charge in [-0.25, -0.2) is 4.98 Å². The molecule has 1 aromatic heterocycles. The Morgan fingerprint density at radius 3 is 3.16 bits per heavy atom. The van der Waals surface area contributed by atoms with Crippen molar-refractivity contribution in [2.75, 3.05) is 24.2 Å². The maximum absolute atomic E-state index is 12.0. The van der Waals surface area contributed by atoms with Gasteiger partial charge in [-0.2, -0.15) is 11.8 Å². The maximum atomic E-state index is 12.0. The van der Waals surface area contributed by atoms with E-state index < -0.39 is 0 Å². The van der Waals surface area contributed by atoms with Crippen LogP contribution in [0, 0.1) is 0 Å². The summed E-state index contributed by atoms with van der Waals surface area (Å²) in [5.41, 5.74) is 0.490. The first-order chi connectivity index (χ1) is 9.29. The highest BCUT2D eigenvalue weighted by molar-refractivity contribution is 8.00. The van der Waals surface area contributed by atoms with Crippen molar-refractivity contribution in [3.63, 3.8) is 0 Å². The van der Waals surface area contributed by atoms with E-state index in [1.54, 1.807) is 6.07 Å². The lowest BCUT2D eigenvalue weighted by Crippen LogP contribution is -2.30. The number of carbonyl (C=O) groups is 1. The molecule has 1 atom stereocenters. The van der Waals surface area contributed by atoms with Gasteiger partial charge in [-0.3, -0.25) is 4.79 Å². The molecule has 0 bridgehead atoms. The second kappa shape index (κ2) is 7.38. The van der Waals surface area contributed by atoms with Gasteiger partial charge in [-0.05, 0) is 37.1 Å². The molecule has 1 aromatic rings. The molecule has 1 unspecified atom stereocenters. The molecule has 0 radical (unpaired) electrons. The fraction of sp³-hybridized carbons (Fsp3) is 0.571. The summed E-state index contributed by atoms with van der Waals surface area (Å²) in [4.78, 5) is 16.3. The molecule has 1 aliphatic heterocycles. The van der Waals surface area contributed by atoms with Crippen molar-refractivity contribution in [1.29, 1.82) is 0 Å². The lowest BCUT2D eigenvalue weighted by atomic mass is 10.2. The van der Waals surface area contributed by atoms with Crippen LogP contribution in [0.1, 0.15) is 36.7 Å². The molecule has 4 nitrogen and oxygen atoms in total. The Kier molecular flexibility index (Phi) is 5.51. The monoisotopic (exact) mass is 279 g/mol. The van der Waals surface area contributed by atoms with Crippen LogP contribution in [0.5, 0.6) is 0 Å². The Labute approximate surface area is 118 Å². The predicted octanol–water partition coefficient (Wildman–Crippen LogP) is 2.53. The number of amides is 1. The van der Waals surface area contributed by atoms with Gasteiger partial charge in [0.05, 0.1) is 0 Å². The van der Waals surface area contributed by atoms with Gasteiger partial charge in [0.15, 0.2) is 0 Å². The lowest BCUT2D eigenvalue weighted by molar-refractivity contribution is 0.0949. The van der Waals surface area contributed by atoms with Crippen LogP contribution in [0.4, 0.5) is 5.82 Å². The number of hydrogen-bond donors (Lipinski definition) is 2. The van der Waals surface area contributed by atoms with E-state index in [0.29, 0.717) is 10.9 Å². The van der Waals surface area contributed by atoms with Crippen LogP contribution in [0.25, 0.3) is 0 Å². The van der Waals surface area contributed by atoms with Crippen LogP contribution < -0.4 is 10.6 Å². The first kappa shape index (κ1) is 14.2. The molecule has 5 heteroatoms. The minimum atomic E-state index is -0.0763. The molecule has 2 rings (SSSR count). The molecule has 2 heterocycles. The van der Waals surface area contributed by atoms with E-state index >= 15 is 0 Å². The average Bonchev–Trinajstić information content (AvgIpc) is 2.96. The van der Waals surface area contributed by atoms with Crippen LogP contribution in [-0.2, 0) is 0 Å². The zero-order chi connectivity index (χ0) is 13.5. The van der Waals surface area contributed by atoms with Crippen molar-refractivity contribution in [2.45, 2.75) is 31.4 Å². The number of anilines is 1. The molecule has 0 aromatic carbocycles. The van der Waals surface area contributed by atoms with Crippen LogP contribution in [0.15, 0.2) is 18.2 Å². The highest BCUT2D eigenvalue weighted by atomic mass is 32.2. The maximum Gasteiger partial charge on any atom is 0.270 e. The lowest BCUT2D eigenvalue weighted by Gasteiger charge is -2.10. The number of rotatable bonds is 6. The van der Waals surface area contributed by atoms with Gasteiger partial charge in [0, 0.05) is 18.3 Å². The highest BCUT2D eigenvalue weighted by Crippen LogP contribution is 2.25.